The van der Waals surface area contributed by atoms with Crippen LogP contribution in [0.3, 0.4) is 0 Å². The maximum absolute atomic E-state index is 6.94. The molecule has 304 valence electrons. The van der Waals surface area contributed by atoms with Gasteiger partial charge in [0.25, 0.3) is 0 Å². The minimum atomic E-state index is -0.465. The summed E-state index contributed by atoms with van der Waals surface area (Å²) in [5.74, 6) is 2.26. The van der Waals surface area contributed by atoms with E-state index in [1.807, 2.05) is 0 Å². The molecule has 0 fully saturated rings. The lowest BCUT2D eigenvalue weighted by molar-refractivity contribution is 0.374. The van der Waals surface area contributed by atoms with E-state index in [9.17, 15) is 0 Å². The van der Waals surface area contributed by atoms with Crippen LogP contribution in [0.2, 0.25) is 0 Å². The van der Waals surface area contributed by atoms with Crippen molar-refractivity contribution in [3.8, 4) is 44.9 Å². The number of nitrogens with zero attached hydrogens (tertiary/aromatic N) is 1. The first-order valence-electron chi connectivity index (χ1n) is 22.6. The van der Waals surface area contributed by atoms with E-state index in [0.717, 1.165) is 28.6 Å². The molecule has 0 amide bonds. The first kappa shape index (κ1) is 36.9. The summed E-state index contributed by atoms with van der Waals surface area (Å²) in [7, 11) is 0. The summed E-state index contributed by atoms with van der Waals surface area (Å²) in [5.41, 5.74) is 18.0. The number of rotatable bonds is 5. The van der Waals surface area contributed by atoms with Crippen molar-refractivity contribution >= 4 is 27.8 Å². The number of anilines is 3. The molecule has 13 rings (SSSR count). The van der Waals surface area contributed by atoms with Gasteiger partial charge in [-0.3, -0.25) is 0 Å². The third kappa shape index (κ3) is 5.20. The summed E-state index contributed by atoms with van der Waals surface area (Å²) in [6.07, 6.45) is 9.31. The fourth-order valence-corrected chi connectivity index (χ4v) is 12.0. The molecule has 0 aromatic heterocycles. The first-order valence-corrected chi connectivity index (χ1v) is 22.6. The lowest BCUT2D eigenvalue weighted by Crippen LogP contribution is -2.37. The van der Waals surface area contributed by atoms with Crippen molar-refractivity contribution in [2.24, 2.45) is 5.92 Å². The molecule has 0 saturated heterocycles. The van der Waals surface area contributed by atoms with Gasteiger partial charge in [-0.25, -0.2) is 0 Å². The number of ether oxygens (including phenoxy) is 1. The van der Waals surface area contributed by atoms with Crippen LogP contribution < -0.4 is 9.64 Å². The van der Waals surface area contributed by atoms with E-state index >= 15 is 0 Å². The van der Waals surface area contributed by atoms with Crippen LogP contribution in [0.5, 0.6) is 11.5 Å². The average molecular weight is 820 g/mol. The van der Waals surface area contributed by atoms with Gasteiger partial charge in [-0.05, 0) is 115 Å². The van der Waals surface area contributed by atoms with Gasteiger partial charge in [-0.1, -0.05) is 190 Å². The topological polar surface area (TPSA) is 12.5 Å². The molecule has 4 aliphatic rings. The van der Waals surface area contributed by atoms with E-state index in [0.29, 0.717) is 0 Å². The molecule has 9 aromatic carbocycles. The van der Waals surface area contributed by atoms with Gasteiger partial charge in [0.15, 0.2) is 0 Å². The highest BCUT2D eigenvalue weighted by molar-refractivity contribution is 6.04. The Kier molecular flexibility index (Phi) is 8.03. The number of allylic oxidation sites excluding steroid dienone is 4. The van der Waals surface area contributed by atoms with Crippen molar-refractivity contribution in [2.45, 2.75) is 30.6 Å². The fourth-order valence-electron chi connectivity index (χ4n) is 12.0. The normalized spacial score (nSPS) is 19.0. The summed E-state index contributed by atoms with van der Waals surface area (Å²) >= 11 is 0. The van der Waals surface area contributed by atoms with Gasteiger partial charge in [-0.2, -0.15) is 0 Å². The highest BCUT2D eigenvalue weighted by Gasteiger charge is 2.56. The molecule has 1 aliphatic heterocycles. The van der Waals surface area contributed by atoms with E-state index in [2.05, 4.69) is 243 Å². The second-order valence-electron chi connectivity index (χ2n) is 18.4. The molecular weight excluding hydrogens is 775 g/mol. The largest absolute Gasteiger partial charge is 0.457 e. The minimum Gasteiger partial charge on any atom is -0.457 e. The quantitative estimate of drug-likeness (QED) is 0.171. The molecule has 0 saturated carbocycles. The van der Waals surface area contributed by atoms with Crippen molar-refractivity contribution in [1.82, 2.24) is 0 Å². The Hall–Kier alpha value is -7.68. The Balaban J connectivity index is 1.06. The van der Waals surface area contributed by atoms with Gasteiger partial charge in [-0.15, -0.1) is 0 Å². The van der Waals surface area contributed by atoms with Gasteiger partial charge in [0.1, 0.15) is 11.5 Å². The molecule has 3 aliphatic carbocycles. The van der Waals surface area contributed by atoms with Crippen LogP contribution in [-0.2, 0) is 10.8 Å². The Morgan fingerprint density at radius 3 is 1.97 bits per heavy atom. The summed E-state index contributed by atoms with van der Waals surface area (Å²) in [6, 6.07) is 74.1. The fraction of sp³-hybridized carbons (Fsp3) is 0.0968. The molecule has 3 unspecified atom stereocenters. The van der Waals surface area contributed by atoms with E-state index in [4.69, 9.17) is 4.74 Å². The number of benzene rings is 9. The van der Waals surface area contributed by atoms with Crippen LogP contribution in [0, 0.1) is 5.92 Å². The van der Waals surface area contributed by atoms with Crippen LogP contribution in [0.1, 0.15) is 53.1 Å². The SMILES string of the molecule is CC1(C)c2ccccc2-c2ccc(N(c3cccc(-c4ccc5ccccc5c4-c4ccccc4)c3)c3ccc4c(c3)C3(c5ccccc5O4)c4ccccc4C4C=CC=CC43)cc21. The molecule has 1 heterocycles. The zero-order valence-electron chi connectivity index (χ0n) is 35.9. The molecular formula is C62H45NO. The molecule has 2 nitrogen and oxygen atoms in total. The van der Waals surface area contributed by atoms with Crippen LogP contribution in [0.4, 0.5) is 17.1 Å². The molecule has 0 radical (unpaired) electrons. The number of fused-ring (bicyclic) bond motifs is 13. The second kappa shape index (κ2) is 13.9. The Morgan fingerprint density at radius 2 is 1.08 bits per heavy atom. The summed E-state index contributed by atoms with van der Waals surface area (Å²) in [4.78, 5) is 2.48. The summed E-state index contributed by atoms with van der Waals surface area (Å²) in [6.45, 7) is 4.74. The Bertz CT molecular complexity index is 3430. The van der Waals surface area contributed by atoms with E-state index in [-0.39, 0.29) is 17.3 Å². The Morgan fingerprint density at radius 1 is 0.438 bits per heavy atom. The first-order chi connectivity index (χ1) is 31.5. The van der Waals surface area contributed by atoms with Crippen LogP contribution >= 0.6 is 0 Å². The van der Waals surface area contributed by atoms with Crippen molar-refractivity contribution in [2.75, 3.05) is 4.90 Å². The summed E-state index contributed by atoms with van der Waals surface area (Å²) < 4.78 is 6.94. The maximum atomic E-state index is 6.94. The number of hydrogen-bond acceptors (Lipinski definition) is 2. The van der Waals surface area contributed by atoms with Gasteiger partial charge in [0.05, 0.1) is 5.41 Å². The van der Waals surface area contributed by atoms with Gasteiger partial charge >= 0.3 is 0 Å². The maximum Gasteiger partial charge on any atom is 0.132 e. The predicted octanol–water partition coefficient (Wildman–Crippen LogP) is 16.2. The number of para-hydroxylation sites is 1. The van der Waals surface area contributed by atoms with Crippen LogP contribution in [-0.4, -0.2) is 0 Å². The molecule has 3 atom stereocenters. The standard InChI is InChI=1S/C62H45NO/c1-61(2)52-26-11-8-23-48(52)51-35-32-44(38-56(51)61)63(43-21-16-20-42(37-43)47-34-31-40-17-6-7-22-46(40)60(47)41-18-4-3-5-19-41)45-33-36-59-57(39-45)62(55-29-14-15-30-58(55)64-59)53-27-12-9-24-49(53)50-25-10-13-28-54(50)62/h3-39,49,53H,1-2H3. The molecule has 0 N–H and O–H groups in total. The van der Waals surface area contributed by atoms with Gasteiger partial charge in [0.2, 0.25) is 0 Å². The highest BCUT2D eigenvalue weighted by Crippen LogP contribution is 2.65. The van der Waals surface area contributed by atoms with Crippen LogP contribution in [0.25, 0.3) is 44.2 Å². The smallest absolute Gasteiger partial charge is 0.132 e. The van der Waals surface area contributed by atoms with E-state index < -0.39 is 5.41 Å². The van der Waals surface area contributed by atoms with Crippen LogP contribution in [0.15, 0.2) is 224 Å². The molecule has 2 heteroatoms. The van der Waals surface area contributed by atoms with E-state index in [1.54, 1.807) is 0 Å². The Labute approximate surface area is 375 Å². The average Bonchev–Trinajstić information content (AvgIpc) is 3.77. The second-order valence-corrected chi connectivity index (χ2v) is 18.4. The lowest BCUT2D eigenvalue weighted by Gasteiger charge is -2.43. The zero-order valence-corrected chi connectivity index (χ0v) is 35.9. The van der Waals surface area contributed by atoms with Crippen molar-refractivity contribution in [3.05, 3.63) is 258 Å². The third-order valence-electron chi connectivity index (χ3n) is 14.8. The molecule has 1 spiro atoms. The van der Waals surface area contributed by atoms with Crippen molar-refractivity contribution in [3.63, 3.8) is 0 Å². The zero-order chi connectivity index (χ0) is 42.6. The van der Waals surface area contributed by atoms with Crippen molar-refractivity contribution in [1.29, 1.82) is 0 Å². The minimum absolute atomic E-state index is 0.161. The third-order valence-corrected chi connectivity index (χ3v) is 14.8. The molecule has 0 bridgehead atoms. The summed E-state index contributed by atoms with van der Waals surface area (Å²) in [5, 5.41) is 2.48. The highest BCUT2D eigenvalue weighted by atomic mass is 16.5. The van der Waals surface area contributed by atoms with Crippen molar-refractivity contribution < 1.29 is 4.74 Å². The number of hydrogen-bond donors (Lipinski definition) is 0. The monoisotopic (exact) mass is 819 g/mol. The van der Waals surface area contributed by atoms with E-state index in [1.165, 1.54) is 77.5 Å². The van der Waals surface area contributed by atoms with Gasteiger partial charge in [0, 0.05) is 45.4 Å². The molecule has 9 aromatic rings. The van der Waals surface area contributed by atoms with Gasteiger partial charge < -0.3 is 9.64 Å². The predicted molar refractivity (Wildman–Crippen MR) is 264 cm³/mol. The lowest BCUT2D eigenvalue weighted by atomic mass is 9.62. The molecule has 64 heavy (non-hydrogen) atoms.